The van der Waals surface area contributed by atoms with Crippen LogP contribution in [0.2, 0.25) is 0 Å². The topological polar surface area (TPSA) is 107 Å². The zero-order valence-corrected chi connectivity index (χ0v) is 24.7. The second kappa shape index (κ2) is 14.3. The van der Waals surface area contributed by atoms with Crippen LogP contribution in [0, 0.1) is 5.92 Å². The Morgan fingerprint density at radius 3 is 2.35 bits per heavy atom. The molecule has 1 aromatic heterocycles. The van der Waals surface area contributed by atoms with Crippen molar-refractivity contribution in [3.63, 3.8) is 0 Å². The van der Waals surface area contributed by atoms with Crippen LogP contribution < -0.4 is 34.5 Å². The molecule has 0 aliphatic carbocycles. The number of piperidine rings is 1. The molecule has 224 valence electrons. The molecule has 43 heavy (non-hydrogen) atoms. The minimum absolute atomic E-state index is 0.0453. The fraction of sp³-hybridized carbons (Fsp3) is 0.303. The highest BCUT2D eigenvalue weighted by molar-refractivity contribution is 5.76. The maximum atomic E-state index is 12.8. The van der Waals surface area contributed by atoms with Crippen molar-refractivity contribution >= 4 is 23.4 Å². The summed E-state index contributed by atoms with van der Waals surface area (Å²) in [5, 5.41) is 6.31. The molecule has 1 atom stereocenters. The Balaban J connectivity index is 1.14. The number of carbonyl (C=O) groups is 1. The summed E-state index contributed by atoms with van der Waals surface area (Å²) in [4.78, 5) is 24.2. The minimum Gasteiger partial charge on any atom is -0.493 e. The first-order valence-corrected chi connectivity index (χ1v) is 14.3. The highest BCUT2D eigenvalue weighted by Gasteiger charge is 2.23. The number of benzene rings is 3. The molecule has 0 saturated carbocycles. The van der Waals surface area contributed by atoms with E-state index in [0.717, 1.165) is 48.8 Å². The van der Waals surface area contributed by atoms with Gasteiger partial charge in [0.05, 0.1) is 21.3 Å². The molecule has 1 saturated heterocycles. The van der Waals surface area contributed by atoms with Gasteiger partial charge in [-0.2, -0.15) is 4.98 Å². The number of hydrogen-bond acceptors (Lipinski definition) is 9. The van der Waals surface area contributed by atoms with Gasteiger partial charge in [0.2, 0.25) is 17.6 Å². The predicted octanol–water partition coefficient (Wildman–Crippen LogP) is 5.96. The van der Waals surface area contributed by atoms with Gasteiger partial charge in [-0.15, -0.1) is 0 Å². The van der Waals surface area contributed by atoms with E-state index in [4.69, 9.17) is 23.9 Å². The van der Waals surface area contributed by atoms with E-state index < -0.39 is 0 Å². The van der Waals surface area contributed by atoms with Crippen molar-refractivity contribution in [2.24, 2.45) is 5.92 Å². The van der Waals surface area contributed by atoms with E-state index in [1.165, 1.54) is 0 Å². The quantitative estimate of drug-likeness (QED) is 0.209. The third-order valence-electron chi connectivity index (χ3n) is 7.27. The predicted molar refractivity (Wildman–Crippen MR) is 166 cm³/mol. The average Bonchev–Trinajstić information content (AvgIpc) is 3.04. The Kier molecular flexibility index (Phi) is 9.78. The Morgan fingerprint density at radius 2 is 1.65 bits per heavy atom. The van der Waals surface area contributed by atoms with Crippen molar-refractivity contribution in [3.8, 4) is 28.7 Å². The number of amides is 1. The molecule has 2 N–H and O–H groups in total. The summed E-state index contributed by atoms with van der Waals surface area (Å²) in [5.74, 6) is 4.67. The number of nitrogens with one attached hydrogen (secondary N) is 2. The number of hydrogen-bond donors (Lipinski definition) is 2. The first-order valence-electron chi connectivity index (χ1n) is 14.3. The maximum absolute atomic E-state index is 12.8. The van der Waals surface area contributed by atoms with E-state index >= 15 is 0 Å². The van der Waals surface area contributed by atoms with E-state index in [0.29, 0.717) is 41.8 Å². The van der Waals surface area contributed by atoms with Crippen LogP contribution in [0.4, 0.5) is 17.5 Å². The van der Waals surface area contributed by atoms with Gasteiger partial charge < -0.3 is 34.5 Å². The van der Waals surface area contributed by atoms with Crippen molar-refractivity contribution in [2.45, 2.75) is 25.8 Å². The van der Waals surface area contributed by atoms with Crippen molar-refractivity contribution in [3.05, 3.63) is 84.6 Å². The zero-order valence-electron chi connectivity index (χ0n) is 24.7. The summed E-state index contributed by atoms with van der Waals surface area (Å²) >= 11 is 0. The zero-order chi connectivity index (χ0) is 30.0. The van der Waals surface area contributed by atoms with Gasteiger partial charge in [-0.1, -0.05) is 30.3 Å². The molecule has 1 fully saturated rings. The summed E-state index contributed by atoms with van der Waals surface area (Å²) in [6.45, 7) is 2.10. The lowest BCUT2D eigenvalue weighted by Gasteiger charge is -2.33. The van der Waals surface area contributed by atoms with Gasteiger partial charge in [-0.05, 0) is 54.7 Å². The number of anilines is 3. The molecule has 10 nitrogen and oxygen atoms in total. The van der Waals surface area contributed by atoms with Crippen LogP contribution in [0.5, 0.6) is 28.7 Å². The lowest BCUT2D eigenvalue weighted by molar-refractivity contribution is -0.122. The molecule has 1 unspecified atom stereocenters. The van der Waals surface area contributed by atoms with E-state index in [9.17, 15) is 4.79 Å². The van der Waals surface area contributed by atoms with E-state index in [2.05, 4.69) is 20.5 Å². The average molecular weight is 584 g/mol. The molecule has 2 heterocycles. The molecular weight excluding hydrogens is 546 g/mol. The highest BCUT2D eigenvalue weighted by Crippen LogP contribution is 2.40. The molecule has 4 aromatic rings. The van der Waals surface area contributed by atoms with Crippen molar-refractivity contribution in [1.29, 1.82) is 0 Å². The monoisotopic (exact) mass is 583 g/mol. The van der Waals surface area contributed by atoms with Crippen LogP contribution >= 0.6 is 0 Å². The number of aromatic nitrogens is 2. The Hall–Kier alpha value is -4.99. The molecule has 0 radical (unpaired) electrons. The summed E-state index contributed by atoms with van der Waals surface area (Å²) < 4.78 is 22.2. The van der Waals surface area contributed by atoms with Crippen molar-refractivity contribution in [2.75, 3.05) is 44.6 Å². The summed E-state index contributed by atoms with van der Waals surface area (Å²) in [6.07, 6.45) is 4.18. The second-order valence-corrected chi connectivity index (χ2v) is 10.3. The van der Waals surface area contributed by atoms with E-state index in [1.807, 2.05) is 60.7 Å². The van der Waals surface area contributed by atoms with E-state index in [-0.39, 0.29) is 11.8 Å². The fourth-order valence-corrected chi connectivity index (χ4v) is 5.14. The minimum atomic E-state index is 0.0453. The molecule has 3 aromatic carbocycles. The molecule has 1 aliphatic heterocycles. The molecule has 1 amide bonds. The molecular formula is C33H37N5O5. The summed E-state index contributed by atoms with van der Waals surface area (Å²) in [6, 6.07) is 22.9. The first-order chi connectivity index (χ1) is 21.0. The fourth-order valence-electron chi connectivity index (χ4n) is 5.14. The van der Waals surface area contributed by atoms with Crippen LogP contribution in [0.15, 0.2) is 79.0 Å². The Labute approximate surface area is 252 Å². The molecule has 5 rings (SSSR count). The van der Waals surface area contributed by atoms with Gasteiger partial charge in [-0.3, -0.25) is 4.79 Å². The molecule has 0 spiro atoms. The standard InChI is InChI=1S/C33H37N5O5/c1-40-28-19-25(20-29(41-2)32(28)42-3)36-33-34-16-15-30(37-33)38-17-7-8-24(22-38)18-31(39)35-21-23-11-13-27(14-12-23)43-26-9-5-4-6-10-26/h4-6,9-16,19-20,24H,7-8,17-18,21-22H2,1-3H3,(H,35,39)(H,34,36,37). The third-order valence-corrected chi connectivity index (χ3v) is 7.27. The van der Waals surface area contributed by atoms with E-state index in [1.54, 1.807) is 39.7 Å². The van der Waals surface area contributed by atoms with Gasteiger partial charge in [0.25, 0.3) is 0 Å². The molecule has 0 bridgehead atoms. The number of para-hydroxylation sites is 1. The van der Waals surface area contributed by atoms with Gasteiger partial charge in [0.15, 0.2) is 11.5 Å². The first kappa shape index (κ1) is 29.5. The Morgan fingerprint density at radius 1 is 0.930 bits per heavy atom. The Bertz CT molecular complexity index is 1470. The number of nitrogens with zero attached hydrogens (tertiary/aromatic N) is 3. The van der Waals surface area contributed by atoms with Crippen molar-refractivity contribution in [1.82, 2.24) is 15.3 Å². The van der Waals surface area contributed by atoms with Gasteiger partial charge in [0.1, 0.15) is 17.3 Å². The SMILES string of the molecule is COc1cc(Nc2nccc(N3CCCC(CC(=O)NCc4ccc(Oc5ccccc5)cc4)C3)n2)cc(OC)c1OC. The molecule has 1 aliphatic rings. The van der Waals surface area contributed by atoms with Crippen LogP contribution in [0.3, 0.4) is 0 Å². The van der Waals surface area contributed by atoms with Gasteiger partial charge in [0, 0.05) is 50.1 Å². The summed E-state index contributed by atoms with van der Waals surface area (Å²) in [7, 11) is 4.72. The van der Waals surface area contributed by atoms with Crippen LogP contribution in [0.25, 0.3) is 0 Å². The highest BCUT2D eigenvalue weighted by atomic mass is 16.5. The lowest BCUT2D eigenvalue weighted by Crippen LogP contribution is -2.38. The number of ether oxygens (including phenoxy) is 4. The number of carbonyl (C=O) groups excluding carboxylic acids is 1. The maximum Gasteiger partial charge on any atom is 0.229 e. The number of methoxy groups -OCH3 is 3. The van der Waals surface area contributed by atoms with Gasteiger partial charge >= 0.3 is 0 Å². The lowest BCUT2D eigenvalue weighted by atomic mass is 9.94. The number of rotatable bonds is 12. The van der Waals surface area contributed by atoms with Gasteiger partial charge in [-0.25, -0.2) is 4.98 Å². The summed E-state index contributed by atoms with van der Waals surface area (Å²) in [5.41, 5.74) is 1.73. The second-order valence-electron chi connectivity index (χ2n) is 10.3. The van der Waals surface area contributed by atoms with Crippen LogP contribution in [-0.4, -0.2) is 50.3 Å². The largest absolute Gasteiger partial charge is 0.493 e. The molecule has 10 heteroatoms. The normalized spacial score (nSPS) is 14.5. The third kappa shape index (κ3) is 7.85. The van der Waals surface area contributed by atoms with Crippen LogP contribution in [0.1, 0.15) is 24.8 Å². The smallest absolute Gasteiger partial charge is 0.229 e. The van der Waals surface area contributed by atoms with Crippen molar-refractivity contribution < 1.29 is 23.7 Å². The van der Waals surface area contributed by atoms with Crippen LogP contribution in [-0.2, 0) is 11.3 Å².